The summed E-state index contributed by atoms with van der Waals surface area (Å²) >= 11 is 0. The molecule has 23 heavy (non-hydrogen) atoms. The Morgan fingerprint density at radius 3 is 2.57 bits per heavy atom. The quantitative estimate of drug-likeness (QED) is 0.783. The first-order valence-corrected chi connectivity index (χ1v) is 7.98. The van der Waals surface area contributed by atoms with Gasteiger partial charge in [0.2, 0.25) is 5.91 Å². The van der Waals surface area contributed by atoms with Crippen molar-refractivity contribution in [2.24, 2.45) is 5.10 Å². The molecule has 8 heteroatoms. The van der Waals surface area contributed by atoms with Gasteiger partial charge in [0.1, 0.15) is 11.8 Å². The van der Waals surface area contributed by atoms with E-state index in [0.717, 1.165) is 12.8 Å². The van der Waals surface area contributed by atoms with Crippen molar-refractivity contribution in [3.05, 3.63) is 0 Å². The van der Waals surface area contributed by atoms with Crippen molar-refractivity contribution in [2.75, 3.05) is 13.7 Å². The molecule has 0 aromatic rings. The number of hydrazone groups is 1. The molecule has 1 heterocycles. The summed E-state index contributed by atoms with van der Waals surface area (Å²) in [4.78, 5) is 34.8. The Bertz CT molecular complexity index is 497. The van der Waals surface area contributed by atoms with Gasteiger partial charge in [0.15, 0.2) is 0 Å². The molecule has 128 valence electrons. The van der Waals surface area contributed by atoms with E-state index in [1.165, 1.54) is 12.1 Å². The van der Waals surface area contributed by atoms with Gasteiger partial charge in [-0.05, 0) is 32.6 Å². The monoisotopic (exact) mass is 325 g/mol. The zero-order valence-corrected chi connectivity index (χ0v) is 13.5. The van der Waals surface area contributed by atoms with E-state index in [1.54, 1.807) is 6.92 Å². The Kier molecular flexibility index (Phi) is 5.95. The van der Waals surface area contributed by atoms with Crippen molar-refractivity contribution >= 4 is 23.7 Å². The number of esters is 1. The average molecular weight is 325 g/mol. The third-order valence-corrected chi connectivity index (χ3v) is 3.99. The fraction of sp³-hybridized carbons (Fsp3) is 0.733. The Balaban J connectivity index is 1.76. The highest BCUT2D eigenvalue weighted by atomic mass is 16.5. The molecule has 1 aliphatic heterocycles. The van der Waals surface area contributed by atoms with Crippen LogP contribution in [0.2, 0.25) is 0 Å². The zero-order chi connectivity index (χ0) is 16.8. The highest BCUT2D eigenvalue weighted by molar-refractivity contribution is 6.37. The second-order valence-electron chi connectivity index (χ2n) is 5.71. The Morgan fingerprint density at radius 2 is 1.96 bits per heavy atom. The molecule has 2 amide bonds. The van der Waals surface area contributed by atoms with Crippen molar-refractivity contribution in [1.82, 2.24) is 10.3 Å². The lowest BCUT2D eigenvalue weighted by atomic mass is 9.93. The van der Waals surface area contributed by atoms with E-state index in [-0.39, 0.29) is 24.5 Å². The maximum atomic E-state index is 12.1. The molecule has 0 bridgehead atoms. The van der Waals surface area contributed by atoms with Gasteiger partial charge in [-0.25, -0.2) is 14.6 Å². The minimum Gasteiger partial charge on any atom is -0.458 e. The van der Waals surface area contributed by atoms with Crippen LogP contribution in [0.5, 0.6) is 0 Å². The van der Waals surface area contributed by atoms with Crippen LogP contribution in [0.1, 0.15) is 45.4 Å². The fourth-order valence-corrected chi connectivity index (χ4v) is 2.70. The predicted octanol–water partition coefficient (Wildman–Crippen LogP) is 1.20. The third-order valence-electron chi connectivity index (χ3n) is 3.99. The van der Waals surface area contributed by atoms with Crippen LogP contribution in [0.4, 0.5) is 4.79 Å². The fourth-order valence-electron chi connectivity index (χ4n) is 2.70. The van der Waals surface area contributed by atoms with Crippen molar-refractivity contribution < 1.29 is 23.9 Å². The van der Waals surface area contributed by atoms with Gasteiger partial charge >= 0.3 is 12.1 Å². The molecule has 8 nitrogen and oxygen atoms in total. The summed E-state index contributed by atoms with van der Waals surface area (Å²) in [5.74, 6) is -0.557. The largest absolute Gasteiger partial charge is 0.458 e. The summed E-state index contributed by atoms with van der Waals surface area (Å²) < 4.78 is 10.3. The van der Waals surface area contributed by atoms with Crippen LogP contribution < -0.4 is 5.32 Å². The first-order valence-electron chi connectivity index (χ1n) is 7.98. The minimum absolute atomic E-state index is 0.0553. The Hall–Kier alpha value is -2.12. The van der Waals surface area contributed by atoms with Gasteiger partial charge in [0.25, 0.3) is 0 Å². The van der Waals surface area contributed by atoms with E-state index in [4.69, 9.17) is 9.47 Å². The van der Waals surface area contributed by atoms with Gasteiger partial charge in [0.05, 0.1) is 6.61 Å². The zero-order valence-electron chi connectivity index (χ0n) is 13.5. The lowest BCUT2D eigenvalue weighted by Crippen LogP contribution is -2.40. The third kappa shape index (κ3) is 4.94. The number of nitrogens with zero attached hydrogens (tertiary/aromatic N) is 2. The van der Waals surface area contributed by atoms with Crippen molar-refractivity contribution in [3.8, 4) is 0 Å². The summed E-state index contributed by atoms with van der Waals surface area (Å²) in [6, 6.07) is 0.0553. The number of carbonyl (C=O) groups is 3. The molecule has 0 atom stereocenters. The van der Waals surface area contributed by atoms with Crippen LogP contribution >= 0.6 is 0 Å². The molecule has 0 unspecified atom stereocenters. The first-order chi connectivity index (χ1) is 11.0. The number of rotatable bonds is 4. The highest BCUT2D eigenvalue weighted by Crippen LogP contribution is 2.22. The molecule has 1 saturated carbocycles. The van der Waals surface area contributed by atoms with Gasteiger partial charge in [-0.3, -0.25) is 4.79 Å². The Morgan fingerprint density at radius 1 is 1.26 bits per heavy atom. The van der Waals surface area contributed by atoms with E-state index in [9.17, 15) is 14.4 Å². The molecule has 1 aliphatic carbocycles. The summed E-state index contributed by atoms with van der Waals surface area (Å²) in [6.07, 6.45) is 2.87. The van der Waals surface area contributed by atoms with Crippen LogP contribution in [-0.2, 0) is 19.1 Å². The number of nitrogens with one attached hydrogen (secondary N) is 1. The van der Waals surface area contributed by atoms with Crippen molar-refractivity contribution in [3.63, 3.8) is 0 Å². The topological polar surface area (TPSA) is 97.3 Å². The van der Waals surface area contributed by atoms with Gasteiger partial charge in [-0.15, -0.1) is 0 Å². The average Bonchev–Trinajstić information content (AvgIpc) is 2.52. The smallest absolute Gasteiger partial charge is 0.407 e. The molecule has 1 N–H and O–H groups in total. The summed E-state index contributed by atoms with van der Waals surface area (Å²) in [6.45, 7) is 2.10. The second kappa shape index (κ2) is 7.94. The van der Waals surface area contributed by atoms with Crippen molar-refractivity contribution in [1.29, 1.82) is 0 Å². The number of hydrogen-bond acceptors (Lipinski definition) is 6. The minimum atomic E-state index is -0.453. The molecule has 0 aromatic heterocycles. The number of amides is 2. The van der Waals surface area contributed by atoms with E-state index in [0.29, 0.717) is 31.6 Å². The van der Waals surface area contributed by atoms with E-state index >= 15 is 0 Å². The predicted molar refractivity (Wildman–Crippen MR) is 81.7 cm³/mol. The number of carbonyl (C=O) groups excluding carboxylic acids is 3. The van der Waals surface area contributed by atoms with Crippen LogP contribution in [0.25, 0.3) is 0 Å². The lowest BCUT2D eigenvalue weighted by molar-refractivity contribution is -0.142. The van der Waals surface area contributed by atoms with E-state index in [2.05, 4.69) is 10.4 Å². The standard InChI is InChI=1S/C15H23N3O5/c1-3-22-15(21)16-10-4-6-11(7-5-10)23-14(20)12-8-9-13(19)18(2)17-12/h10-11H,3-9H2,1-2H3,(H,16,21). The number of ether oxygens (including phenoxy) is 2. The SMILES string of the molecule is CCOC(=O)NC1CCC(OC(=O)C2=NN(C)C(=O)CC2)CC1. The first kappa shape index (κ1) is 17.2. The van der Waals surface area contributed by atoms with E-state index < -0.39 is 12.1 Å². The molecule has 0 aromatic carbocycles. The summed E-state index contributed by atoms with van der Waals surface area (Å²) in [5, 5.41) is 7.93. The van der Waals surface area contributed by atoms with Gasteiger partial charge in [-0.2, -0.15) is 5.10 Å². The summed E-state index contributed by atoms with van der Waals surface area (Å²) in [5.41, 5.74) is 0.291. The van der Waals surface area contributed by atoms with Crippen LogP contribution in [0.3, 0.4) is 0 Å². The highest BCUT2D eigenvalue weighted by Gasteiger charge is 2.28. The van der Waals surface area contributed by atoms with Crippen molar-refractivity contribution in [2.45, 2.75) is 57.6 Å². The molecule has 0 saturated heterocycles. The van der Waals surface area contributed by atoms with Gasteiger partial charge < -0.3 is 14.8 Å². The molecule has 1 fully saturated rings. The number of alkyl carbamates (subject to hydrolysis) is 1. The van der Waals surface area contributed by atoms with E-state index in [1.807, 2.05) is 0 Å². The maximum absolute atomic E-state index is 12.1. The molecule has 2 aliphatic rings. The van der Waals surface area contributed by atoms with Crippen LogP contribution in [-0.4, -0.2) is 54.5 Å². The molecular weight excluding hydrogens is 302 g/mol. The number of hydrogen-bond donors (Lipinski definition) is 1. The normalized spacial score (nSPS) is 24.7. The summed E-state index contributed by atoms with van der Waals surface area (Å²) in [7, 11) is 1.53. The lowest BCUT2D eigenvalue weighted by Gasteiger charge is -2.29. The second-order valence-corrected chi connectivity index (χ2v) is 5.71. The van der Waals surface area contributed by atoms with Crippen LogP contribution in [0.15, 0.2) is 5.10 Å². The maximum Gasteiger partial charge on any atom is 0.407 e. The van der Waals surface area contributed by atoms with Gasteiger partial charge in [-0.1, -0.05) is 0 Å². The molecule has 0 spiro atoms. The Labute approximate surface area is 135 Å². The van der Waals surface area contributed by atoms with Crippen LogP contribution in [0, 0.1) is 0 Å². The molecule has 0 radical (unpaired) electrons. The molecular formula is C15H23N3O5. The van der Waals surface area contributed by atoms with Gasteiger partial charge in [0, 0.05) is 25.9 Å². The molecule has 2 rings (SSSR count).